The van der Waals surface area contributed by atoms with Crippen LogP contribution in [0.2, 0.25) is 0 Å². The Hall–Kier alpha value is -2.54. The lowest BCUT2D eigenvalue weighted by Gasteiger charge is -2.42. The van der Waals surface area contributed by atoms with Crippen molar-refractivity contribution in [1.29, 1.82) is 0 Å². The van der Waals surface area contributed by atoms with E-state index in [0.29, 0.717) is 12.8 Å². The summed E-state index contributed by atoms with van der Waals surface area (Å²) < 4.78 is 33.4. The van der Waals surface area contributed by atoms with Crippen LogP contribution in [0, 0.1) is 0 Å². The highest BCUT2D eigenvalue weighted by Gasteiger charge is 2.47. The van der Waals surface area contributed by atoms with Crippen LogP contribution in [0.1, 0.15) is 142 Å². The highest BCUT2D eigenvalue weighted by Crippen LogP contribution is 2.26. The molecule has 0 aromatic heterocycles. The molecule has 2 heterocycles. The van der Waals surface area contributed by atoms with Crippen molar-refractivity contribution in [3.8, 4) is 0 Å². The number of aliphatic hydroxyl groups excluding tert-OH is 7. The summed E-state index contributed by atoms with van der Waals surface area (Å²) in [5.41, 5.74) is 0. The number of carbonyl (C=O) groups excluding carboxylic acids is 2. The van der Waals surface area contributed by atoms with E-state index in [1.165, 1.54) is 32.1 Å². The zero-order chi connectivity index (χ0) is 45.4. The highest BCUT2D eigenvalue weighted by molar-refractivity contribution is 5.70. The SMILES string of the molecule is CCCC/C=C/CCCCCCCC(=O)OC[C@H](CO[C@@H]1O[C@H](CO[C@@H]2O[C@H](CO)[C@H](O)C(O)C2O)[C@H](O)C(O)C1O)OC(=O)CCCC/C=C/C/C=C/C/C=C/CCCCC. The van der Waals surface area contributed by atoms with Gasteiger partial charge in [-0.1, -0.05) is 107 Å². The van der Waals surface area contributed by atoms with Crippen LogP contribution in [0.3, 0.4) is 0 Å². The fraction of sp³-hybridized carbons (Fsp3) is 0.787. The highest BCUT2D eigenvalue weighted by atomic mass is 16.7. The smallest absolute Gasteiger partial charge is 0.306 e. The maximum atomic E-state index is 12.9. The number of hydrogen-bond acceptors (Lipinski definition) is 15. The normalized spacial score (nSPS) is 27.5. The first kappa shape index (κ1) is 55.6. The molecule has 0 radical (unpaired) electrons. The number of allylic oxidation sites excluding steroid dienone is 8. The number of hydrogen-bond donors (Lipinski definition) is 7. The van der Waals surface area contributed by atoms with Crippen molar-refractivity contribution in [2.75, 3.05) is 26.4 Å². The second kappa shape index (κ2) is 34.8. The summed E-state index contributed by atoms with van der Waals surface area (Å²) in [5, 5.41) is 71.8. The van der Waals surface area contributed by atoms with E-state index in [1.807, 2.05) is 0 Å². The van der Waals surface area contributed by atoms with E-state index in [1.54, 1.807) is 0 Å². The van der Waals surface area contributed by atoms with Crippen LogP contribution in [0.4, 0.5) is 0 Å². The third-order valence-electron chi connectivity index (χ3n) is 10.8. The van der Waals surface area contributed by atoms with Crippen molar-refractivity contribution >= 4 is 11.9 Å². The monoisotopic (exact) mass is 885 g/mol. The van der Waals surface area contributed by atoms with Crippen LogP contribution in [0.5, 0.6) is 0 Å². The zero-order valence-corrected chi connectivity index (χ0v) is 37.3. The molecule has 62 heavy (non-hydrogen) atoms. The molecule has 0 bridgehead atoms. The lowest BCUT2D eigenvalue weighted by molar-refractivity contribution is -0.332. The summed E-state index contributed by atoms with van der Waals surface area (Å²) in [5.74, 6) is -0.987. The molecule has 15 nitrogen and oxygen atoms in total. The number of unbranched alkanes of at least 4 members (excludes halogenated alkanes) is 12. The van der Waals surface area contributed by atoms with Crippen LogP contribution in [-0.2, 0) is 38.0 Å². The first-order valence-corrected chi connectivity index (χ1v) is 23.2. The summed E-state index contributed by atoms with van der Waals surface area (Å²) in [6, 6.07) is 0. The number of aliphatic hydroxyl groups is 7. The van der Waals surface area contributed by atoms with Gasteiger partial charge in [0.25, 0.3) is 0 Å². The number of ether oxygens (including phenoxy) is 6. The lowest BCUT2D eigenvalue weighted by Crippen LogP contribution is -2.61. The second-order valence-corrected chi connectivity index (χ2v) is 16.2. The average Bonchev–Trinajstić information content (AvgIpc) is 3.26. The molecule has 2 rings (SSSR count). The average molecular weight is 885 g/mol. The maximum absolute atomic E-state index is 12.9. The van der Waals surface area contributed by atoms with Crippen LogP contribution < -0.4 is 0 Å². The summed E-state index contributed by atoms with van der Waals surface area (Å²) in [7, 11) is 0. The van der Waals surface area contributed by atoms with E-state index >= 15 is 0 Å². The standard InChI is InChI=1S/C47H80O15/c1-3-5-7-9-11-13-15-16-17-18-20-22-24-26-28-30-39(50)60-35(32-57-38(49)29-27-25-23-21-19-14-12-10-8-6-4-2)33-58-46-45(56)43(54)41(52)37(62-46)34-59-47-44(55)42(53)40(51)36(31-48)61-47/h10-13,16-17,20,22,35-37,40-48,51-56H,3-9,14-15,18-19,21,23-34H2,1-2H3/b12-10+,13-11+,17-16+,22-20+/t35-,36-,37-,40+,41+,42?,43?,44?,45?,46-,47-/m1/s1. The third-order valence-corrected chi connectivity index (χ3v) is 10.8. The van der Waals surface area contributed by atoms with Crippen molar-refractivity contribution in [3.63, 3.8) is 0 Å². The molecule has 358 valence electrons. The minimum absolute atomic E-state index is 0.113. The predicted octanol–water partition coefficient (Wildman–Crippen LogP) is 5.15. The number of carbonyl (C=O) groups is 2. The van der Waals surface area contributed by atoms with E-state index in [4.69, 9.17) is 28.4 Å². The Morgan fingerprint density at radius 3 is 1.61 bits per heavy atom. The molecule has 0 aromatic carbocycles. The molecule has 2 aliphatic heterocycles. The summed E-state index contributed by atoms with van der Waals surface area (Å²) in [6.45, 7) is 2.44. The first-order valence-electron chi connectivity index (χ1n) is 23.2. The molecule has 2 aliphatic rings. The van der Waals surface area contributed by atoms with E-state index in [2.05, 4.69) is 62.5 Å². The fourth-order valence-corrected chi connectivity index (χ4v) is 6.85. The Balaban J connectivity index is 1.88. The first-order chi connectivity index (χ1) is 30.0. The lowest BCUT2D eigenvalue weighted by atomic mass is 9.98. The second-order valence-electron chi connectivity index (χ2n) is 16.2. The Labute approximate surface area is 369 Å². The largest absolute Gasteiger partial charge is 0.462 e. The molecule has 15 heteroatoms. The van der Waals surface area contributed by atoms with Gasteiger partial charge in [-0.05, 0) is 70.6 Å². The van der Waals surface area contributed by atoms with Gasteiger partial charge in [0.05, 0.1) is 19.8 Å². The molecule has 0 saturated carbocycles. The molecule has 4 unspecified atom stereocenters. The van der Waals surface area contributed by atoms with Crippen molar-refractivity contribution < 1.29 is 73.8 Å². The summed E-state index contributed by atoms with van der Waals surface area (Å²) >= 11 is 0. The van der Waals surface area contributed by atoms with Gasteiger partial charge in [-0.3, -0.25) is 9.59 Å². The number of rotatable bonds is 34. The quantitative estimate of drug-likeness (QED) is 0.0252. The molecule has 11 atom stereocenters. The Kier molecular flexibility index (Phi) is 31.2. The van der Waals surface area contributed by atoms with Gasteiger partial charge < -0.3 is 64.2 Å². The minimum Gasteiger partial charge on any atom is -0.462 e. The van der Waals surface area contributed by atoms with Crippen molar-refractivity contribution in [2.45, 2.75) is 210 Å². The Bertz CT molecular complexity index is 1270. The van der Waals surface area contributed by atoms with Crippen LogP contribution in [0.25, 0.3) is 0 Å². The predicted molar refractivity (Wildman–Crippen MR) is 233 cm³/mol. The molecule has 2 saturated heterocycles. The van der Waals surface area contributed by atoms with Gasteiger partial charge >= 0.3 is 11.9 Å². The molecule has 2 fully saturated rings. The van der Waals surface area contributed by atoms with Gasteiger partial charge in [0.15, 0.2) is 18.7 Å². The Morgan fingerprint density at radius 1 is 0.516 bits per heavy atom. The van der Waals surface area contributed by atoms with E-state index < -0.39 is 99.3 Å². The molecule has 0 aromatic rings. The molecular formula is C47H80O15. The van der Waals surface area contributed by atoms with Crippen LogP contribution in [-0.4, -0.2) is 142 Å². The van der Waals surface area contributed by atoms with Gasteiger partial charge in [0.2, 0.25) is 0 Å². The molecule has 7 N–H and O–H groups in total. The van der Waals surface area contributed by atoms with Crippen molar-refractivity contribution in [3.05, 3.63) is 48.6 Å². The number of esters is 2. The van der Waals surface area contributed by atoms with Gasteiger partial charge in [0, 0.05) is 12.8 Å². The van der Waals surface area contributed by atoms with Gasteiger partial charge in [-0.15, -0.1) is 0 Å². The van der Waals surface area contributed by atoms with Crippen LogP contribution >= 0.6 is 0 Å². The van der Waals surface area contributed by atoms with Gasteiger partial charge in [-0.25, -0.2) is 0 Å². The minimum atomic E-state index is -1.77. The van der Waals surface area contributed by atoms with E-state index in [-0.39, 0.29) is 19.4 Å². The molecule has 0 amide bonds. The van der Waals surface area contributed by atoms with Gasteiger partial charge in [0.1, 0.15) is 55.4 Å². The van der Waals surface area contributed by atoms with Gasteiger partial charge in [-0.2, -0.15) is 0 Å². The summed E-state index contributed by atoms with van der Waals surface area (Å²) in [6.07, 6.45) is 18.7. The maximum Gasteiger partial charge on any atom is 0.306 e. The van der Waals surface area contributed by atoms with Crippen molar-refractivity contribution in [2.24, 2.45) is 0 Å². The molecule has 0 spiro atoms. The van der Waals surface area contributed by atoms with E-state index in [0.717, 1.165) is 70.6 Å². The zero-order valence-electron chi connectivity index (χ0n) is 37.3. The Morgan fingerprint density at radius 2 is 0.984 bits per heavy atom. The van der Waals surface area contributed by atoms with E-state index in [9.17, 15) is 45.3 Å². The fourth-order valence-electron chi connectivity index (χ4n) is 6.85. The molecular weight excluding hydrogens is 805 g/mol. The van der Waals surface area contributed by atoms with Crippen LogP contribution in [0.15, 0.2) is 48.6 Å². The third kappa shape index (κ3) is 23.4. The molecule has 0 aliphatic carbocycles. The summed E-state index contributed by atoms with van der Waals surface area (Å²) in [4.78, 5) is 25.6. The topological polar surface area (TPSA) is 231 Å². The van der Waals surface area contributed by atoms with Crippen molar-refractivity contribution in [1.82, 2.24) is 0 Å².